The van der Waals surface area contributed by atoms with Gasteiger partial charge in [0.1, 0.15) is 0 Å². The van der Waals surface area contributed by atoms with E-state index in [1.165, 1.54) is 37.5 Å². The van der Waals surface area contributed by atoms with E-state index in [4.69, 9.17) is 13.9 Å². The number of carbonyl (C=O) groups is 3. The molecule has 10 heteroatoms. The van der Waals surface area contributed by atoms with Crippen molar-refractivity contribution in [2.45, 2.75) is 6.92 Å². The molecule has 2 heterocycles. The molecule has 9 nitrogen and oxygen atoms in total. The number of methoxy groups -OCH3 is 2. The zero-order valence-corrected chi connectivity index (χ0v) is 19.1. The van der Waals surface area contributed by atoms with Crippen molar-refractivity contribution in [3.8, 4) is 11.5 Å². The summed E-state index contributed by atoms with van der Waals surface area (Å²) in [5.74, 6) is -0.249. The maximum absolute atomic E-state index is 13.0. The molecular formula is C22H23N3O6S. The zero-order chi connectivity index (χ0) is 23.4. The Balaban J connectivity index is 1.89. The molecule has 0 aliphatic heterocycles. The highest BCUT2D eigenvalue weighted by molar-refractivity contribution is 7.18. The Hall–Kier alpha value is -3.79. The van der Waals surface area contributed by atoms with Gasteiger partial charge in [0.25, 0.3) is 17.7 Å². The second-order valence-electron chi connectivity index (χ2n) is 6.96. The Morgan fingerprint density at radius 1 is 1.00 bits per heavy atom. The lowest BCUT2D eigenvalue weighted by Gasteiger charge is -2.17. The maximum atomic E-state index is 13.0. The van der Waals surface area contributed by atoms with Gasteiger partial charge in [-0.15, -0.1) is 11.3 Å². The first-order valence-corrected chi connectivity index (χ1v) is 10.3. The van der Waals surface area contributed by atoms with E-state index in [2.05, 4.69) is 10.6 Å². The van der Waals surface area contributed by atoms with Gasteiger partial charge in [0.15, 0.2) is 17.3 Å². The Bertz CT molecular complexity index is 1150. The standard InChI is InChI=1S/C22H23N3O6S/c1-12-9-18(24-20(26)15-7-6-8-31-15)32-19(12)21(27)23-14-11-17(30-5)16(29-4)10-13(14)22(28)25(2)3/h6-11H,1-5H3,(H,23,27)(H,24,26). The van der Waals surface area contributed by atoms with Crippen LogP contribution in [-0.4, -0.2) is 50.9 Å². The van der Waals surface area contributed by atoms with Gasteiger partial charge in [0.2, 0.25) is 0 Å². The molecule has 0 saturated heterocycles. The van der Waals surface area contributed by atoms with Crippen LogP contribution in [0, 0.1) is 6.92 Å². The van der Waals surface area contributed by atoms with Crippen molar-refractivity contribution in [1.29, 1.82) is 0 Å². The van der Waals surface area contributed by atoms with E-state index in [0.29, 0.717) is 26.9 Å². The molecule has 0 aliphatic carbocycles. The summed E-state index contributed by atoms with van der Waals surface area (Å²) in [7, 11) is 6.16. The molecule has 0 unspecified atom stereocenters. The third-order valence-corrected chi connectivity index (χ3v) is 5.67. The van der Waals surface area contributed by atoms with Crippen LogP contribution in [0.15, 0.2) is 41.0 Å². The number of thiophene rings is 1. The monoisotopic (exact) mass is 457 g/mol. The van der Waals surface area contributed by atoms with Gasteiger partial charge in [-0.25, -0.2) is 0 Å². The number of hydrogen-bond acceptors (Lipinski definition) is 7. The molecule has 2 aromatic heterocycles. The van der Waals surface area contributed by atoms with Crippen LogP contribution in [-0.2, 0) is 0 Å². The number of hydrogen-bond donors (Lipinski definition) is 2. The summed E-state index contributed by atoms with van der Waals surface area (Å²) in [5, 5.41) is 5.98. The summed E-state index contributed by atoms with van der Waals surface area (Å²) in [6, 6.07) is 7.91. The van der Waals surface area contributed by atoms with Gasteiger partial charge in [-0.2, -0.15) is 0 Å². The SMILES string of the molecule is COc1cc(NC(=O)c2sc(NC(=O)c3ccco3)cc2C)c(C(=O)N(C)C)cc1OC. The first kappa shape index (κ1) is 22.9. The summed E-state index contributed by atoms with van der Waals surface area (Å²) >= 11 is 1.11. The lowest BCUT2D eigenvalue weighted by Crippen LogP contribution is -2.24. The highest BCUT2D eigenvalue weighted by Gasteiger charge is 2.22. The molecule has 168 valence electrons. The van der Waals surface area contributed by atoms with E-state index in [0.717, 1.165) is 11.3 Å². The van der Waals surface area contributed by atoms with Crippen molar-refractivity contribution in [2.75, 3.05) is 38.9 Å². The van der Waals surface area contributed by atoms with Crippen LogP contribution in [0.5, 0.6) is 11.5 Å². The minimum Gasteiger partial charge on any atom is -0.493 e. The fourth-order valence-corrected chi connectivity index (χ4v) is 3.89. The molecule has 0 radical (unpaired) electrons. The van der Waals surface area contributed by atoms with E-state index in [9.17, 15) is 14.4 Å². The van der Waals surface area contributed by atoms with E-state index < -0.39 is 11.8 Å². The normalized spacial score (nSPS) is 10.4. The lowest BCUT2D eigenvalue weighted by molar-refractivity contribution is 0.0828. The van der Waals surface area contributed by atoms with Crippen LogP contribution >= 0.6 is 11.3 Å². The average Bonchev–Trinajstić information content (AvgIpc) is 3.42. The summed E-state index contributed by atoms with van der Waals surface area (Å²) in [5.41, 5.74) is 1.20. The predicted octanol–water partition coefficient (Wildman–Crippen LogP) is 3.87. The number of ether oxygens (including phenoxy) is 2. The second kappa shape index (κ2) is 9.56. The first-order chi connectivity index (χ1) is 15.2. The van der Waals surface area contributed by atoms with Crippen molar-refractivity contribution >= 4 is 39.7 Å². The Morgan fingerprint density at radius 3 is 2.28 bits per heavy atom. The van der Waals surface area contributed by atoms with Gasteiger partial charge in [-0.3, -0.25) is 14.4 Å². The van der Waals surface area contributed by atoms with E-state index >= 15 is 0 Å². The molecule has 0 aliphatic rings. The number of anilines is 2. The molecule has 2 N–H and O–H groups in total. The molecular weight excluding hydrogens is 434 g/mol. The van der Waals surface area contributed by atoms with Crippen molar-refractivity contribution in [1.82, 2.24) is 4.90 Å². The second-order valence-corrected chi connectivity index (χ2v) is 8.01. The fraction of sp³-hybridized carbons (Fsp3) is 0.227. The molecule has 0 bridgehead atoms. The molecule has 32 heavy (non-hydrogen) atoms. The number of carbonyl (C=O) groups excluding carboxylic acids is 3. The highest BCUT2D eigenvalue weighted by Crippen LogP contribution is 2.35. The van der Waals surface area contributed by atoms with Crippen LogP contribution in [0.1, 0.15) is 36.1 Å². The molecule has 3 rings (SSSR count). The Morgan fingerprint density at radius 2 is 1.69 bits per heavy atom. The Kier molecular flexibility index (Phi) is 6.84. The summed E-state index contributed by atoms with van der Waals surface area (Å²) < 4.78 is 15.7. The van der Waals surface area contributed by atoms with Gasteiger partial charge in [0, 0.05) is 20.2 Å². The summed E-state index contributed by atoms with van der Waals surface area (Å²) in [6.07, 6.45) is 1.41. The number of amides is 3. The predicted molar refractivity (Wildman–Crippen MR) is 121 cm³/mol. The minimum absolute atomic E-state index is 0.166. The summed E-state index contributed by atoms with van der Waals surface area (Å²) in [4.78, 5) is 39.7. The maximum Gasteiger partial charge on any atom is 0.291 e. The van der Waals surface area contributed by atoms with Crippen molar-refractivity contribution < 1.29 is 28.3 Å². The van der Waals surface area contributed by atoms with E-state index in [1.54, 1.807) is 39.2 Å². The van der Waals surface area contributed by atoms with Crippen molar-refractivity contribution in [3.05, 3.63) is 58.4 Å². The van der Waals surface area contributed by atoms with Crippen LogP contribution in [0.2, 0.25) is 0 Å². The van der Waals surface area contributed by atoms with Crippen molar-refractivity contribution in [2.24, 2.45) is 0 Å². The third-order valence-electron chi connectivity index (χ3n) is 4.51. The van der Waals surface area contributed by atoms with E-state index in [-0.39, 0.29) is 22.9 Å². The lowest BCUT2D eigenvalue weighted by atomic mass is 10.1. The van der Waals surface area contributed by atoms with Gasteiger partial charge < -0.3 is 29.4 Å². The molecule has 3 amide bonds. The van der Waals surface area contributed by atoms with Crippen LogP contribution in [0.3, 0.4) is 0 Å². The minimum atomic E-state index is -0.425. The largest absolute Gasteiger partial charge is 0.493 e. The average molecular weight is 458 g/mol. The Labute approximate surface area is 188 Å². The van der Waals surface area contributed by atoms with Crippen LogP contribution < -0.4 is 20.1 Å². The molecule has 1 aromatic carbocycles. The number of nitrogens with one attached hydrogen (secondary N) is 2. The first-order valence-electron chi connectivity index (χ1n) is 9.49. The third kappa shape index (κ3) is 4.75. The van der Waals surface area contributed by atoms with E-state index in [1.807, 2.05) is 0 Å². The molecule has 3 aromatic rings. The molecule has 0 saturated carbocycles. The topological polar surface area (TPSA) is 110 Å². The smallest absolute Gasteiger partial charge is 0.291 e. The number of benzene rings is 1. The zero-order valence-electron chi connectivity index (χ0n) is 18.3. The molecule has 0 spiro atoms. The van der Waals surface area contributed by atoms with Gasteiger partial charge in [-0.05, 0) is 36.8 Å². The fourth-order valence-electron chi connectivity index (χ4n) is 2.93. The van der Waals surface area contributed by atoms with Crippen LogP contribution in [0.4, 0.5) is 10.7 Å². The molecule has 0 atom stereocenters. The number of aryl methyl sites for hydroxylation is 1. The quantitative estimate of drug-likeness (QED) is 0.557. The number of furan rings is 1. The summed E-state index contributed by atoms with van der Waals surface area (Å²) in [6.45, 7) is 1.76. The molecule has 0 fully saturated rings. The van der Waals surface area contributed by atoms with Crippen LogP contribution in [0.25, 0.3) is 0 Å². The number of nitrogens with zero attached hydrogens (tertiary/aromatic N) is 1. The highest BCUT2D eigenvalue weighted by atomic mass is 32.1. The van der Waals surface area contributed by atoms with Crippen molar-refractivity contribution in [3.63, 3.8) is 0 Å². The van der Waals surface area contributed by atoms with Gasteiger partial charge in [-0.1, -0.05) is 0 Å². The number of rotatable bonds is 7. The van der Waals surface area contributed by atoms with Gasteiger partial charge >= 0.3 is 0 Å². The van der Waals surface area contributed by atoms with Gasteiger partial charge in [0.05, 0.1) is 41.6 Å².